The Hall–Kier alpha value is -0.980. The zero-order valence-corrected chi connectivity index (χ0v) is 12.6. The number of halogens is 4. The van der Waals surface area contributed by atoms with Gasteiger partial charge in [-0.2, -0.15) is 13.2 Å². The van der Waals surface area contributed by atoms with Crippen LogP contribution >= 0.6 is 27.7 Å². The smallest absolute Gasteiger partial charge is 0.326 e. The van der Waals surface area contributed by atoms with Gasteiger partial charge in [-0.15, -0.1) is 0 Å². The lowest BCUT2D eigenvalue weighted by Gasteiger charge is -2.12. The van der Waals surface area contributed by atoms with Gasteiger partial charge in [-0.25, -0.2) is 0 Å². The van der Waals surface area contributed by atoms with Crippen molar-refractivity contribution in [3.05, 3.63) is 58.1 Å². The van der Waals surface area contributed by atoms with E-state index in [4.69, 9.17) is 5.73 Å². The van der Waals surface area contributed by atoms with E-state index in [0.717, 1.165) is 26.4 Å². The van der Waals surface area contributed by atoms with Crippen LogP contribution in [0.1, 0.15) is 11.1 Å². The largest absolute Gasteiger partial charge is 0.416 e. The molecule has 0 aliphatic rings. The van der Waals surface area contributed by atoms with Gasteiger partial charge in [0.1, 0.15) is 0 Å². The van der Waals surface area contributed by atoms with Crippen LogP contribution in [0.25, 0.3) is 0 Å². The summed E-state index contributed by atoms with van der Waals surface area (Å²) in [4.78, 5) is 1.66. The third kappa shape index (κ3) is 3.56. The van der Waals surface area contributed by atoms with E-state index in [2.05, 4.69) is 15.9 Å². The highest BCUT2D eigenvalue weighted by atomic mass is 79.9. The molecule has 20 heavy (non-hydrogen) atoms. The Bertz CT molecular complexity index is 614. The first-order valence-electron chi connectivity index (χ1n) is 5.74. The number of alkyl halides is 3. The third-order valence-electron chi connectivity index (χ3n) is 2.66. The second-order valence-electron chi connectivity index (χ2n) is 4.06. The van der Waals surface area contributed by atoms with Gasteiger partial charge < -0.3 is 5.73 Å². The summed E-state index contributed by atoms with van der Waals surface area (Å²) in [5.74, 6) is 0. The Morgan fingerprint density at radius 3 is 2.35 bits per heavy atom. The maximum absolute atomic E-state index is 12.7. The van der Waals surface area contributed by atoms with E-state index in [0.29, 0.717) is 5.56 Å². The fourth-order valence-electron chi connectivity index (χ4n) is 1.66. The molecule has 0 amide bonds. The van der Waals surface area contributed by atoms with E-state index in [1.807, 2.05) is 24.3 Å². The zero-order valence-electron chi connectivity index (χ0n) is 10.2. The van der Waals surface area contributed by atoms with Crippen molar-refractivity contribution in [2.45, 2.75) is 22.5 Å². The van der Waals surface area contributed by atoms with Gasteiger partial charge in [-0.05, 0) is 51.8 Å². The SMILES string of the molecule is NCc1cc(C(F)(F)F)ccc1Sc1ccccc1Br. The Morgan fingerprint density at radius 1 is 1.05 bits per heavy atom. The molecule has 0 aliphatic carbocycles. The zero-order chi connectivity index (χ0) is 14.8. The van der Waals surface area contributed by atoms with Gasteiger partial charge >= 0.3 is 6.18 Å². The molecule has 6 heteroatoms. The Labute approximate surface area is 127 Å². The molecule has 0 aromatic heterocycles. The second-order valence-corrected chi connectivity index (χ2v) is 5.99. The molecule has 2 aromatic carbocycles. The Morgan fingerprint density at radius 2 is 1.75 bits per heavy atom. The van der Waals surface area contributed by atoms with E-state index in [-0.39, 0.29) is 6.54 Å². The van der Waals surface area contributed by atoms with Crippen LogP contribution < -0.4 is 5.73 Å². The van der Waals surface area contributed by atoms with Crippen molar-refractivity contribution < 1.29 is 13.2 Å². The van der Waals surface area contributed by atoms with Gasteiger partial charge in [0.25, 0.3) is 0 Å². The molecule has 0 aliphatic heterocycles. The Kier molecular flexibility index (Phi) is 4.78. The van der Waals surface area contributed by atoms with Crippen LogP contribution in [0.15, 0.2) is 56.7 Å². The standard InChI is InChI=1S/C14H11BrF3NS/c15-11-3-1-2-4-13(11)20-12-6-5-10(14(16,17)18)7-9(12)8-19/h1-7H,8,19H2. The molecule has 0 saturated heterocycles. The van der Waals surface area contributed by atoms with Gasteiger partial charge in [0.05, 0.1) is 5.56 Å². The number of hydrogen-bond donors (Lipinski definition) is 1. The summed E-state index contributed by atoms with van der Waals surface area (Å²) in [6.45, 7) is 0.0662. The van der Waals surface area contributed by atoms with Gasteiger partial charge in [0.2, 0.25) is 0 Å². The molecule has 0 fully saturated rings. The second kappa shape index (κ2) is 6.20. The first-order valence-corrected chi connectivity index (χ1v) is 7.35. The van der Waals surface area contributed by atoms with Crippen LogP contribution in [-0.4, -0.2) is 0 Å². The summed E-state index contributed by atoms with van der Waals surface area (Å²) in [6, 6.07) is 11.2. The summed E-state index contributed by atoms with van der Waals surface area (Å²) < 4.78 is 38.9. The quantitative estimate of drug-likeness (QED) is 0.824. The molecule has 0 heterocycles. The van der Waals surface area contributed by atoms with Gasteiger partial charge in [-0.1, -0.05) is 23.9 Å². The summed E-state index contributed by atoms with van der Waals surface area (Å²) in [6.07, 6.45) is -4.35. The van der Waals surface area contributed by atoms with Crippen molar-refractivity contribution >= 4 is 27.7 Å². The average molecular weight is 362 g/mol. The molecular formula is C14H11BrF3NS. The maximum atomic E-state index is 12.7. The molecule has 1 nitrogen and oxygen atoms in total. The molecule has 2 N–H and O–H groups in total. The molecule has 2 rings (SSSR count). The predicted octanol–water partition coefficient (Wildman–Crippen LogP) is 5.08. The third-order valence-corrected chi connectivity index (χ3v) is 4.81. The molecule has 0 unspecified atom stereocenters. The number of nitrogens with two attached hydrogens (primary N) is 1. The molecule has 0 radical (unpaired) electrons. The summed E-state index contributed by atoms with van der Waals surface area (Å²) in [5, 5.41) is 0. The van der Waals surface area contributed by atoms with E-state index in [1.165, 1.54) is 17.8 Å². The molecule has 106 valence electrons. The Balaban J connectivity index is 2.36. The van der Waals surface area contributed by atoms with Crippen LogP contribution in [0, 0.1) is 0 Å². The number of rotatable bonds is 3. The minimum atomic E-state index is -4.35. The number of benzene rings is 2. The van der Waals surface area contributed by atoms with Crippen molar-refractivity contribution in [1.82, 2.24) is 0 Å². The van der Waals surface area contributed by atoms with E-state index in [9.17, 15) is 13.2 Å². The van der Waals surface area contributed by atoms with Gasteiger partial charge in [-0.3, -0.25) is 0 Å². The molecular weight excluding hydrogens is 351 g/mol. The van der Waals surface area contributed by atoms with Crippen LogP contribution in [0.2, 0.25) is 0 Å². The van der Waals surface area contributed by atoms with Crippen LogP contribution in [0.5, 0.6) is 0 Å². The van der Waals surface area contributed by atoms with Crippen molar-refractivity contribution in [1.29, 1.82) is 0 Å². The first-order chi connectivity index (χ1) is 9.41. The lowest BCUT2D eigenvalue weighted by molar-refractivity contribution is -0.137. The topological polar surface area (TPSA) is 26.0 Å². The molecule has 0 atom stereocenters. The first kappa shape index (κ1) is 15.4. The van der Waals surface area contributed by atoms with Crippen molar-refractivity contribution in [2.24, 2.45) is 5.73 Å². The minimum Gasteiger partial charge on any atom is -0.326 e. The fourth-order valence-corrected chi connectivity index (χ4v) is 3.15. The monoisotopic (exact) mass is 361 g/mol. The predicted molar refractivity (Wildman–Crippen MR) is 77.6 cm³/mol. The average Bonchev–Trinajstić information content (AvgIpc) is 2.40. The van der Waals surface area contributed by atoms with Crippen molar-refractivity contribution in [3.63, 3.8) is 0 Å². The van der Waals surface area contributed by atoms with Crippen LogP contribution in [0.4, 0.5) is 13.2 Å². The summed E-state index contributed by atoms with van der Waals surface area (Å²) in [7, 11) is 0. The van der Waals surface area contributed by atoms with Gasteiger partial charge in [0, 0.05) is 20.8 Å². The molecule has 0 spiro atoms. The van der Waals surface area contributed by atoms with Crippen LogP contribution in [0.3, 0.4) is 0 Å². The van der Waals surface area contributed by atoms with E-state index >= 15 is 0 Å². The summed E-state index contributed by atoms with van der Waals surface area (Å²) in [5.41, 5.74) is 5.38. The fraction of sp³-hybridized carbons (Fsp3) is 0.143. The highest BCUT2D eigenvalue weighted by Gasteiger charge is 2.30. The highest BCUT2D eigenvalue weighted by molar-refractivity contribution is 9.10. The summed E-state index contributed by atoms with van der Waals surface area (Å²) >= 11 is 4.80. The van der Waals surface area contributed by atoms with Crippen molar-refractivity contribution in [2.75, 3.05) is 0 Å². The molecule has 0 bridgehead atoms. The lowest BCUT2D eigenvalue weighted by Crippen LogP contribution is -2.07. The number of hydrogen-bond acceptors (Lipinski definition) is 2. The molecule has 2 aromatic rings. The highest BCUT2D eigenvalue weighted by Crippen LogP contribution is 2.37. The van der Waals surface area contributed by atoms with Crippen molar-refractivity contribution in [3.8, 4) is 0 Å². The minimum absolute atomic E-state index is 0.0662. The normalized spacial score (nSPS) is 11.7. The van der Waals surface area contributed by atoms with Gasteiger partial charge in [0.15, 0.2) is 0 Å². The molecule has 0 saturated carbocycles. The lowest BCUT2D eigenvalue weighted by atomic mass is 10.1. The maximum Gasteiger partial charge on any atom is 0.416 e. The van der Waals surface area contributed by atoms with Crippen LogP contribution in [-0.2, 0) is 12.7 Å². The van der Waals surface area contributed by atoms with E-state index in [1.54, 1.807) is 0 Å². The van der Waals surface area contributed by atoms with E-state index < -0.39 is 11.7 Å².